The maximum absolute atomic E-state index is 13.3. The Balaban J connectivity index is 1.53. The van der Waals surface area contributed by atoms with Crippen LogP contribution in [-0.2, 0) is 19.0 Å². The van der Waals surface area contributed by atoms with Crippen molar-refractivity contribution in [1.29, 1.82) is 0 Å². The zero-order chi connectivity index (χ0) is 23.0. The molecule has 2 aromatic carbocycles. The molecule has 0 atom stereocenters. The van der Waals surface area contributed by atoms with Gasteiger partial charge in [0.15, 0.2) is 5.65 Å². The van der Waals surface area contributed by atoms with Crippen LogP contribution in [0.1, 0.15) is 16.7 Å². The van der Waals surface area contributed by atoms with Gasteiger partial charge in [-0.25, -0.2) is 4.52 Å². The predicted molar refractivity (Wildman–Crippen MR) is 120 cm³/mol. The summed E-state index contributed by atoms with van der Waals surface area (Å²) in [6.07, 6.45) is -2.53. The van der Waals surface area contributed by atoms with Crippen LogP contribution in [-0.4, -0.2) is 34.8 Å². The number of ether oxygens (including phenoxy) is 1. The largest absolute Gasteiger partial charge is 0.496 e. The smallest absolute Gasteiger partial charge is 0.416 e. The van der Waals surface area contributed by atoms with Gasteiger partial charge in [0.2, 0.25) is 5.95 Å². The molecular weight excluding hydrogens is 431 g/mol. The number of rotatable bonds is 4. The topological polar surface area (TPSA) is 63.5 Å². The van der Waals surface area contributed by atoms with Crippen LogP contribution in [0.3, 0.4) is 0 Å². The van der Waals surface area contributed by atoms with Crippen molar-refractivity contribution >= 4 is 17.3 Å². The van der Waals surface area contributed by atoms with E-state index in [2.05, 4.69) is 32.8 Å². The lowest BCUT2D eigenvalue weighted by molar-refractivity contribution is -0.137. The Bertz CT molecular complexity index is 1320. The Labute approximate surface area is 188 Å². The second-order valence-electron chi connectivity index (χ2n) is 7.89. The van der Waals surface area contributed by atoms with E-state index >= 15 is 0 Å². The van der Waals surface area contributed by atoms with Crippen molar-refractivity contribution in [2.24, 2.45) is 0 Å². The standard InChI is InChI=1S/C24H22F3N5O/c1-33-21-8-6-17(24(25,26)27)14-19(21)20-3-2-4-22-30-23(31-32(20)22)29-18-7-5-15-9-11-28-12-10-16(15)13-18/h2-8,13-14,28H,9-12H2,1H3,(H,29,31). The van der Waals surface area contributed by atoms with Crippen molar-refractivity contribution in [1.82, 2.24) is 19.9 Å². The fourth-order valence-electron chi connectivity index (χ4n) is 4.13. The number of nitrogens with one attached hydrogen (secondary N) is 2. The van der Waals surface area contributed by atoms with E-state index in [1.807, 2.05) is 6.07 Å². The zero-order valence-corrected chi connectivity index (χ0v) is 17.9. The van der Waals surface area contributed by atoms with Gasteiger partial charge in [0.25, 0.3) is 0 Å². The molecule has 0 saturated heterocycles. The molecule has 1 aliphatic heterocycles. The van der Waals surface area contributed by atoms with E-state index in [1.54, 1.807) is 18.2 Å². The predicted octanol–water partition coefficient (Wildman–Crippen LogP) is 4.86. The molecule has 0 unspecified atom stereocenters. The van der Waals surface area contributed by atoms with Gasteiger partial charge in [-0.3, -0.25) is 0 Å². The van der Waals surface area contributed by atoms with Crippen LogP contribution < -0.4 is 15.4 Å². The Kier molecular flexibility index (Phi) is 5.41. The molecule has 0 spiro atoms. The SMILES string of the molecule is COc1ccc(C(F)(F)F)cc1-c1cccc2nc(Nc3ccc4c(c3)CCNCC4)nn12. The minimum atomic E-state index is -4.47. The first-order chi connectivity index (χ1) is 15.9. The van der Waals surface area contributed by atoms with Gasteiger partial charge < -0.3 is 15.4 Å². The number of halogens is 3. The summed E-state index contributed by atoms with van der Waals surface area (Å²) in [6.45, 7) is 1.90. The molecule has 4 aromatic rings. The van der Waals surface area contributed by atoms with Crippen molar-refractivity contribution in [3.8, 4) is 17.0 Å². The molecule has 0 saturated carbocycles. The molecular formula is C24H22F3N5O. The number of hydrogen-bond acceptors (Lipinski definition) is 5. The van der Waals surface area contributed by atoms with Gasteiger partial charge in [-0.2, -0.15) is 18.2 Å². The summed E-state index contributed by atoms with van der Waals surface area (Å²) < 4.78 is 46.9. The number of alkyl halides is 3. The van der Waals surface area contributed by atoms with Crippen molar-refractivity contribution in [2.75, 3.05) is 25.5 Å². The molecule has 2 aromatic heterocycles. The van der Waals surface area contributed by atoms with Gasteiger partial charge in [-0.15, -0.1) is 5.10 Å². The maximum atomic E-state index is 13.3. The molecule has 33 heavy (non-hydrogen) atoms. The minimum Gasteiger partial charge on any atom is -0.496 e. The van der Waals surface area contributed by atoms with Crippen LogP contribution in [0, 0.1) is 0 Å². The van der Waals surface area contributed by atoms with E-state index in [-0.39, 0.29) is 5.56 Å². The second kappa shape index (κ2) is 8.40. The van der Waals surface area contributed by atoms with Gasteiger partial charge in [-0.1, -0.05) is 12.1 Å². The average molecular weight is 453 g/mol. The molecule has 0 radical (unpaired) electrons. The summed E-state index contributed by atoms with van der Waals surface area (Å²) in [6, 6.07) is 14.8. The number of anilines is 2. The lowest BCUT2D eigenvalue weighted by Crippen LogP contribution is -2.16. The molecule has 3 heterocycles. The van der Waals surface area contributed by atoms with Gasteiger partial charge >= 0.3 is 6.18 Å². The zero-order valence-electron chi connectivity index (χ0n) is 17.9. The third-order valence-corrected chi connectivity index (χ3v) is 5.77. The Morgan fingerprint density at radius 2 is 1.82 bits per heavy atom. The van der Waals surface area contributed by atoms with E-state index in [1.165, 1.54) is 28.8 Å². The minimum absolute atomic E-state index is 0.284. The summed E-state index contributed by atoms with van der Waals surface area (Å²) in [7, 11) is 1.43. The molecule has 1 aliphatic rings. The van der Waals surface area contributed by atoms with Crippen LogP contribution >= 0.6 is 0 Å². The van der Waals surface area contributed by atoms with Crippen LogP contribution in [0.5, 0.6) is 5.75 Å². The lowest BCUT2D eigenvalue weighted by atomic mass is 10.0. The number of nitrogens with zero attached hydrogens (tertiary/aromatic N) is 3. The van der Waals surface area contributed by atoms with Crippen LogP contribution in [0.2, 0.25) is 0 Å². The Morgan fingerprint density at radius 1 is 1.00 bits per heavy atom. The van der Waals surface area contributed by atoms with Gasteiger partial charge in [0, 0.05) is 11.3 Å². The third kappa shape index (κ3) is 4.23. The highest BCUT2D eigenvalue weighted by atomic mass is 19.4. The van der Waals surface area contributed by atoms with Crippen molar-refractivity contribution < 1.29 is 17.9 Å². The number of hydrogen-bond donors (Lipinski definition) is 2. The summed E-state index contributed by atoms with van der Waals surface area (Å²) >= 11 is 0. The number of fused-ring (bicyclic) bond motifs is 2. The first-order valence-corrected chi connectivity index (χ1v) is 10.6. The third-order valence-electron chi connectivity index (χ3n) is 5.77. The quantitative estimate of drug-likeness (QED) is 0.462. The summed E-state index contributed by atoms with van der Waals surface area (Å²) in [5.74, 6) is 0.681. The molecule has 170 valence electrons. The number of benzene rings is 2. The fraction of sp³-hybridized carbons (Fsp3) is 0.250. The highest BCUT2D eigenvalue weighted by molar-refractivity contribution is 5.71. The average Bonchev–Trinajstić information content (AvgIpc) is 3.06. The molecule has 0 amide bonds. The second-order valence-corrected chi connectivity index (χ2v) is 7.89. The summed E-state index contributed by atoms with van der Waals surface area (Å²) in [5.41, 5.74) is 3.96. The molecule has 0 fully saturated rings. The first-order valence-electron chi connectivity index (χ1n) is 10.6. The van der Waals surface area contributed by atoms with Crippen LogP contribution in [0.15, 0.2) is 54.6 Å². The van der Waals surface area contributed by atoms with Crippen molar-refractivity contribution in [2.45, 2.75) is 19.0 Å². The van der Waals surface area contributed by atoms with E-state index in [0.717, 1.165) is 43.8 Å². The maximum Gasteiger partial charge on any atom is 0.416 e. The van der Waals surface area contributed by atoms with Crippen LogP contribution in [0.25, 0.3) is 16.9 Å². The Morgan fingerprint density at radius 3 is 2.61 bits per heavy atom. The van der Waals surface area contributed by atoms with E-state index in [9.17, 15) is 13.2 Å². The molecule has 6 nitrogen and oxygen atoms in total. The van der Waals surface area contributed by atoms with Crippen molar-refractivity contribution in [3.05, 3.63) is 71.3 Å². The number of methoxy groups -OCH3 is 1. The van der Waals surface area contributed by atoms with E-state index < -0.39 is 11.7 Å². The van der Waals surface area contributed by atoms with Crippen molar-refractivity contribution in [3.63, 3.8) is 0 Å². The highest BCUT2D eigenvalue weighted by Crippen LogP contribution is 2.37. The van der Waals surface area contributed by atoms with Crippen LogP contribution in [0.4, 0.5) is 24.8 Å². The first kappa shape index (κ1) is 21.3. The summed E-state index contributed by atoms with van der Waals surface area (Å²) in [5, 5.41) is 11.2. The number of pyridine rings is 1. The molecule has 9 heteroatoms. The monoisotopic (exact) mass is 453 g/mol. The molecule has 0 aliphatic carbocycles. The molecule has 0 bridgehead atoms. The van der Waals surface area contributed by atoms with Gasteiger partial charge in [0.1, 0.15) is 5.75 Å². The highest BCUT2D eigenvalue weighted by Gasteiger charge is 2.31. The lowest BCUT2D eigenvalue weighted by Gasteiger charge is -2.13. The van der Waals surface area contributed by atoms with Gasteiger partial charge in [-0.05, 0) is 79.5 Å². The fourth-order valence-corrected chi connectivity index (χ4v) is 4.13. The van der Waals surface area contributed by atoms with E-state index in [4.69, 9.17) is 4.74 Å². The summed E-state index contributed by atoms with van der Waals surface area (Å²) in [4.78, 5) is 4.52. The molecule has 5 rings (SSSR count). The van der Waals surface area contributed by atoms with Gasteiger partial charge in [0.05, 0.1) is 18.4 Å². The molecule has 2 N–H and O–H groups in total. The Hall–Kier alpha value is -3.59. The normalized spacial score (nSPS) is 14.1. The number of aromatic nitrogens is 3. The van der Waals surface area contributed by atoms with E-state index in [0.29, 0.717) is 23.0 Å².